The standard InChI is InChI=1S/C6H14O3Si.C3H6Cl2Si.C2H6.CH4O.3ClH.2H2O/c1-5-6-10(7-2,8-3)9-4;1-2-3-6(4)5;2*1-2;;;;;/h5H,1,6H2,2-4H3;2,6H,1,3H2;1-2H3;2H,1H3;3*1H;2*1H2. The highest BCUT2D eigenvalue weighted by Gasteiger charge is 2.35. The van der Waals surface area contributed by atoms with Crippen molar-refractivity contribution in [2.24, 2.45) is 0 Å². The summed E-state index contributed by atoms with van der Waals surface area (Å²) >= 11 is 10.8. The molecule has 0 amide bonds. The molecule has 0 aliphatic rings. The number of rotatable bonds is 7. The van der Waals surface area contributed by atoms with Crippen LogP contribution in [0.4, 0.5) is 0 Å². The lowest BCUT2D eigenvalue weighted by Crippen LogP contribution is -2.41. The molecule has 0 aliphatic carbocycles. The molecular weight excluding hydrogens is 474 g/mol. The maximum absolute atomic E-state index is 7.00. The fourth-order valence-electron chi connectivity index (χ4n) is 0.803. The third-order valence-electron chi connectivity index (χ3n) is 1.67. The number of halogens is 5. The first-order valence-corrected chi connectivity index (χ1v) is 12.4. The van der Waals surface area contributed by atoms with Gasteiger partial charge in [-0.15, -0.1) is 50.4 Å². The van der Waals surface area contributed by atoms with Crippen LogP contribution in [0.15, 0.2) is 25.3 Å². The van der Waals surface area contributed by atoms with Gasteiger partial charge in [0, 0.05) is 34.5 Å². The molecule has 0 heterocycles. The Kier molecular flexibility index (Phi) is 112. The average Bonchev–Trinajstić information content (AvgIpc) is 2.50. The number of aliphatic hydroxyl groups excluding tert-OH is 1. The Balaban J connectivity index is -0.0000000217. The SMILES string of the molecule is C=CC[SiH](Cl)Cl.C=CC[Si](OC)(OC)OC.CC.CO.Cl.Cl.Cl.O.O. The summed E-state index contributed by atoms with van der Waals surface area (Å²) in [7, 11) is 2.08. The van der Waals surface area contributed by atoms with Gasteiger partial charge in [0.15, 0.2) is 0 Å². The zero-order valence-corrected chi connectivity index (χ0v) is 21.8. The van der Waals surface area contributed by atoms with E-state index in [2.05, 4.69) is 13.2 Å². The molecule has 0 aromatic carbocycles. The third kappa shape index (κ3) is 45.8. The Morgan fingerprint density at radius 1 is 0.880 bits per heavy atom. The molecule has 0 bridgehead atoms. The smallest absolute Gasteiger partial charge is 0.412 e. The maximum atomic E-state index is 7.00. The summed E-state index contributed by atoms with van der Waals surface area (Å²) in [5.41, 5.74) is 0. The summed E-state index contributed by atoms with van der Waals surface area (Å²) < 4.78 is 15.3. The van der Waals surface area contributed by atoms with Gasteiger partial charge in [-0.2, -0.15) is 22.2 Å². The lowest BCUT2D eigenvalue weighted by molar-refractivity contribution is 0.127. The van der Waals surface area contributed by atoms with Gasteiger partial charge >= 0.3 is 8.80 Å². The summed E-state index contributed by atoms with van der Waals surface area (Å²) in [5.74, 6) is 0. The topological polar surface area (TPSA) is 111 Å². The molecule has 0 fully saturated rings. The van der Waals surface area contributed by atoms with E-state index in [0.29, 0.717) is 6.04 Å². The lowest BCUT2D eigenvalue weighted by atomic mass is 10.8. The van der Waals surface area contributed by atoms with E-state index in [1.54, 1.807) is 33.5 Å². The Morgan fingerprint density at radius 3 is 1.20 bits per heavy atom. The molecule has 13 heteroatoms. The fourth-order valence-corrected chi connectivity index (χ4v) is 3.16. The van der Waals surface area contributed by atoms with E-state index in [1.807, 2.05) is 13.8 Å². The highest BCUT2D eigenvalue weighted by atomic mass is 35.7. The molecule has 0 radical (unpaired) electrons. The van der Waals surface area contributed by atoms with Crippen LogP contribution in [-0.4, -0.2) is 60.7 Å². The van der Waals surface area contributed by atoms with Crippen molar-refractivity contribution in [3.8, 4) is 0 Å². The van der Waals surface area contributed by atoms with Crippen molar-refractivity contribution in [3.63, 3.8) is 0 Å². The van der Waals surface area contributed by atoms with Crippen molar-refractivity contribution in [1.29, 1.82) is 0 Å². The molecular formula is C12H37Cl5O6Si2. The first kappa shape index (κ1) is 56.2. The lowest BCUT2D eigenvalue weighted by Gasteiger charge is -2.22. The van der Waals surface area contributed by atoms with Crippen molar-refractivity contribution in [1.82, 2.24) is 0 Å². The van der Waals surface area contributed by atoms with Crippen LogP contribution in [-0.2, 0) is 13.3 Å². The Bertz CT molecular complexity index is 197. The first-order chi connectivity index (χ1) is 9.51. The Hall–Kier alpha value is 1.12. The minimum atomic E-state index is -2.34. The zero-order chi connectivity index (χ0) is 17.0. The van der Waals surface area contributed by atoms with E-state index < -0.39 is 16.2 Å². The van der Waals surface area contributed by atoms with Gasteiger partial charge in [-0.1, -0.05) is 26.0 Å². The minimum Gasteiger partial charge on any atom is -0.412 e. The quantitative estimate of drug-likeness (QED) is 0.322. The molecule has 0 rings (SSSR count). The van der Waals surface area contributed by atoms with Gasteiger partial charge in [-0.3, -0.25) is 0 Å². The summed E-state index contributed by atoms with van der Waals surface area (Å²) in [6.45, 7) is 11.1. The largest absolute Gasteiger partial charge is 0.504 e. The molecule has 0 aromatic heterocycles. The minimum absolute atomic E-state index is 0. The van der Waals surface area contributed by atoms with E-state index in [1.165, 1.54) is 0 Å². The van der Waals surface area contributed by atoms with E-state index in [9.17, 15) is 0 Å². The van der Waals surface area contributed by atoms with Gasteiger partial charge in [0.2, 0.25) is 7.42 Å². The van der Waals surface area contributed by atoms with E-state index in [4.69, 9.17) is 40.5 Å². The zero-order valence-electron chi connectivity index (χ0n) is 15.7. The van der Waals surface area contributed by atoms with Crippen LogP contribution >= 0.6 is 59.4 Å². The van der Waals surface area contributed by atoms with Crippen molar-refractivity contribution in [3.05, 3.63) is 25.3 Å². The number of hydrogen-bond acceptors (Lipinski definition) is 4. The summed E-state index contributed by atoms with van der Waals surface area (Å²) in [5, 5.41) is 7.00. The van der Waals surface area contributed by atoms with Crippen molar-refractivity contribution >= 4 is 75.6 Å². The maximum Gasteiger partial charge on any atom is 0.504 e. The molecule has 0 aromatic rings. The molecule has 0 spiro atoms. The van der Waals surface area contributed by atoms with Crippen LogP contribution in [0.1, 0.15) is 13.8 Å². The second kappa shape index (κ2) is 49.9. The van der Waals surface area contributed by atoms with Crippen LogP contribution in [0.5, 0.6) is 0 Å². The molecule has 0 unspecified atom stereocenters. The summed E-state index contributed by atoms with van der Waals surface area (Å²) in [6, 6.07) is 1.46. The summed E-state index contributed by atoms with van der Waals surface area (Å²) in [4.78, 5) is 0. The monoisotopic (exact) mass is 508 g/mol. The molecule has 164 valence electrons. The van der Waals surface area contributed by atoms with Crippen LogP contribution < -0.4 is 0 Å². The first-order valence-electron chi connectivity index (χ1n) is 6.12. The highest BCUT2D eigenvalue weighted by molar-refractivity contribution is 7.33. The molecule has 5 N–H and O–H groups in total. The molecule has 0 aliphatic heterocycles. The van der Waals surface area contributed by atoms with E-state index in [0.717, 1.165) is 13.2 Å². The third-order valence-corrected chi connectivity index (χ3v) is 6.09. The summed E-state index contributed by atoms with van der Waals surface area (Å²) in [6.07, 6.45) is 3.49. The predicted molar refractivity (Wildman–Crippen MR) is 124 cm³/mol. The number of aliphatic hydroxyl groups is 1. The van der Waals surface area contributed by atoms with Crippen LogP contribution in [0, 0.1) is 0 Å². The predicted octanol–water partition coefficient (Wildman–Crippen LogP) is 3.17. The normalized spacial score (nSPS) is 7.28. The number of hydrogen-bond donors (Lipinski definition) is 1. The van der Waals surface area contributed by atoms with Crippen molar-refractivity contribution in [2.45, 2.75) is 25.9 Å². The van der Waals surface area contributed by atoms with Crippen molar-refractivity contribution in [2.75, 3.05) is 28.4 Å². The van der Waals surface area contributed by atoms with Gasteiger partial charge in [0.25, 0.3) is 0 Å². The molecule has 6 nitrogen and oxygen atoms in total. The van der Waals surface area contributed by atoms with E-state index >= 15 is 0 Å². The fraction of sp³-hybridized carbons (Fsp3) is 0.667. The highest BCUT2D eigenvalue weighted by Crippen LogP contribution is 2.11. The van der Waals surface area contributed by atoms with Crippen LogP contribution in [0.2, 0.25) is 12.1 Å². The number of allylic oxidation sites excluding steroid dienone is 2. The van der Waals surface area contributed by atoms with E-state index in [-0.39, 0.29) is 48.2 Å². The molecule has 25 heavy (non-hydrogen) atoms. The second-order valence-corrected chi connectivity index (χ2v) is 10.8. The Morgan fingerprint density at radius 2 is 1.16 bits per heavy atom. The molecule has 0 saturated heterocycles. The average molecular weight is 511 g/mol. The second-order valence-electron chi connectivity index (χ2n) is 2.70. The van der Waals surface area contributed by atoms with Gasteiger partial charge in [-0.25, -0.2) is 0 Å². The molecule has 0 saturated carbocycles. The van der Waals surface area contributed by atoms with Gasteiger partial charge < -0.3 is 29.3 Å². The van der Waals surface area contributed by atoms with Crippen LogP contribution in [0.25, 0.3) is 0 Å². The van der Waals surface area contributed by atoms with Gasteiger partial charge in [0.05, 0.1) is 0 Å². The van der Waals surface area contributed by atoms with Crippen LogP contribution in [0.3, 0.4) is 0 Å². The van der Waals surface area contributed by atoms with Crippen molar-refractivity contribution < 1.29 is 29.3 Å². The Labute approximate surface area is 184 Å². The van der Waals surface area contributed by atoms with Gasteiger partial charge in [0.1, 0.15) is 0 Å². The van der Waals surface area contributed by atoms with Gasteiger partial charge in [-0.05, 0) is 6.04 Å². The molecule has 0 atom stereocenters.